The van der Waals surface area contributed by atoms with Crippen LogP contribution >= 0.6 is 24.0 Å². The number of hydrogen-bond acceptors (Lipinski definition) is 3. The van der Waals surface area contributed by atoms with Crippen LogP contribution in [0.2, 0.25) is 0 Å². The zero-order chi connectivity index (χ0) is 19.2. The average Bonchev–Trinajstić information content (AvgIpc) is 3.08. The molecule has 6 nitrogen and oxygen atoms in total. The molecule has 1 heterocycles. The number of H-pyrrole nitrogens is 1. The molecule has 4 N–H and O–H groups in total. The quantitative estimate of drug-likeness (QED) is 0.264. The van der Waals surface area contributed by atoms with E-state index in [4.69, 9.17) is 15.2 Å². The van der Waals surface area contributed by atoms with Gasteiger partial charge in [0.05, 0.1) is 20.8 Å². The van der Waals surface area contributed by atoms with E-state index in [2.05, 4.69) is 15.3 Å². The summed E-state index contributed by atoms with van der Waals surface area (Å²) in [6.07, 6.45) is 2.64. The van der Waals surface area contributed by atoms with Crippen molar-refractivity contribution in [3.05, 3.63) is 59.5 Å². The van der Waals surface area contributed by atoms with Crippen molar-refractivity contribution in [3.8, 4) is 11.5 Å². The van der Waals surface area contributed by atoms with Crippen LogP contribution in [-0.4, -0.2) is 31.7 Å². The van der Waals surface area contributed by atoms with Crippen molar-refractivity contribution in [2.75, 3.05) is 20.8 Å². The van der Waals surface area contributed by atoms with Crippen molar-refractivity contribution in [1.29, 1.82) is 0 Å². The predicted molar refractivity (Wildman–Crippen MR) is 120 cm³/mol. The highest BCUT2D eigenvalue weighted by Crippen LogP contribution is 2.27. The summed E-state index contributed by atoms with van der Waals surface area (Å²) < 4.78 is 23.7. The average molecular weight is 498 g/mol. The number of nitrogens with one attached hydrogen (secondary N) is 2. The van der Waals surface area contributed by atoms with Crippen LogP contribution in [0.5, 0.6) is 11.5 Å². The monoisotopic (exact) mass is 498 g/mol. The number of aliphatic imine (C=N–C) groups is 1. The van der Waals surface area contributed by atoms with E-state index in [0.29, 0.717) is 30.5 Å². The second kappa shape index (κ2) is 10.2. The van der Waals surface area contributed by atoms with E-state index < -0.39 is 0 Å². The highest BCUT2D eigenvalue weighted by atomic mass is 127. The number of nitrogens with two attached hydrogens (primary N) is 1. The van der Waals surface area contributed by atoms with Gasteiger partial charge in [-0.05, 0) is 47.9 Å². The van der Waals surface area contributed by atoms with Gasteiger partial charge in [0, 0.05) is 23.6 Å². The molecule has 150 valence electrons. The third-order valence-electron chi connectivity index (χ3n) is 4.31. The molecule has 8 heteroatoms. The molecule has 0 saturated heterocycles. The normalized spacial score (nSPS) is 11.2. The number of ether oxygens (including phenoxy) is 2. The fourth-order valence-corrected chi connectivity index (χ4v) is 2.90. The molecular weight excluding hydrogens is 474 g/mol. The molecule has 3 rings (SSSR count). The van der Waals surface area contributed by atoms with Gasteiger partial charge in [-0.3, -0.25) is 0 Å². The lowest BCUT2D eigenvalue weighted by molar-refractivity contribution is 0.354. The maximum atomic E-state index is 13.2. The van der Waals surface area contributed by atoms with Gasteiger partial charge < -0.3 is 25.5 Å². The van der Waals surface area contributed by atoms with Crippen LogP contribution in [0.1, 0.15) is 11.1 Å². The minimum absolute atomic E-state index is 0. The molecule has 3 aromatic rings. The molecule has 0 spiro atoms. The van der Waals surface area contributed by atoms with Gasteiger partial charge in [-0.1, -0.05) is 6.07 Å². The first-order chi connectivity index (χ1) is 13.1. The molecule has 0 aliphatic carbocycles. The third-order valence-corrected chi connectivity index (χ3v) is 4.31. The summed E-state index contributed by atoms with van der Waals surface area (Å²) in [6.45, 7) is 1.07. The molecule has 1 aromatic heterocycles. The van der Waals surface area contributed by atoms with Crippen molar-refractivity contribution >= 4 is 40.8 Å². The number of halogens is 2. The Bertz CT molecular complexity index is 959. The molecule has 0 fully saturated rings. The molecule has 28 heavy (non-hydrogen) atoms. The zero-order valence-electron chi connectivity index (χ0n) is 15.8. The van der Waals surface area contributed by atoms with Crippen molar-refractivity contribution in [2.24, 2.45) is 10.7 Å². The second-order valence-corrected chi connectivity index (χ2v) is 6.07. The number of aromatic nitrogens is 1. The van der Waals surface area contributed by atoms with Crippen LogP contribution in [0.4, 0.5) is 4.39 Å². The van der Waals surface area contributed by atoms with Crippen molar-refractivity contribution in [1.82, 2.24) is 10.3 Å². The minimum atomic E-state index is -0.249. The molecule has 0 aliphatic rings. The first-order valence-electron chi connectivity index (χ1n) is 8.61. The first-order valence-corrected chi connectivity index (χ1v) is 8.61. The molecular formula is C20H24FIN4O2. The largest absolute Gasteiger partial charge is 0.493 e. The SMILES string of the molecule is COc1ccc(CN=C(N)NCCc2c[nH]c3cc(F)ccc23)cc1OC.I. The fraction of sp³-hybridized carbons (Fsp3) is 0.250. The van der Waals surface area contributed by atoms with E-state index in [1.807, 2.05) is 24.4 Å². The fourth-order valence-electron chi connectivity index (χ4n) is 2.90. The van der Waals surface area contributed by atoms with Gasteiger partial charge in [0.25, 0.3) is 0 Å². The molecule has 0 atom stereocenters. The van der Waals surface area contributed by atoms with Crippen LogP contribution in [0, 0.1) is 5.82 Å². The number of fused-ring (bicyclic) bond motifs is 1. The Morgan fingerprint density at radius 2 is 1.93 bits per heavy atom. The van der Waals surface area contributed by atoms with Crippen LogP contribution in [0.15, 0.2) is 47.6 Å². The number of guanidine groups is 1. The van der Waals surface area contributed by atoms with Crippen LogP contribution in [0.3, 0.4) is 0 Å². The van der Waals surface area contributed by atoms with Crippen molar-refractivity contribution < 1.29 is 13.9 Å². The molecule has 0 radical (unpaired) electrons. The number of nitrogens with zero attached hydrogens (tertiary/aromatic N) is 1. The highest BCUT2D eigenvalue weighted by Gasteiger charge is 2.06. The third kappa shape index (κ3) is 5.28. The maximum Gasteiger partial charge on any atom is 0.188 e. The van der Waals surface area contributed by atoms with E-state index in [1.54, 1.807) is 20.3 Å². The van der Waals surface area contributed by atoms with Gasteiger partial charge in [0.2, 0.25) is 0 Å². The summed E-state index contributed by atoms with van der Waals surface area (Å²) in [5, 5.41) is 4.12. The number of hydrogen-bond donors (Lipinski definition) is 3. The molecule has 0 amide bonds. The first kappa shape index (κ1) is 21.8. The number of benzene rings is 2. The van der Waals surface area contributed by atoms with E-state index >= 15 is 0 Å². The van der Waals surface area contributed by atoms with Gasteiger partial charge in [-0.25, -0.2) is 9.38 Å². The van der Waals surface area contributed by atoms with E-state index in [0.717, 1.165) is 28.5 Å². The van der Waals surface area contributed by atoms with Gasteiger partial charge in [-0.15, -0.1) is 24.0 Å². The Morgan fingerprint density at radius 3 is 2.68 bits per heavy atom. The molecule has 0 bridgehead atoms. The van der Waals surface area contributed by atoms with Crippen LogP contribution < -0.4 is 20.5 Å². The van der Waals surface area contributed by atoms with Crippen LogP contribution in [-0.2, 0) is 13.0 Å². The lowest BCUT2D eigenvalue weighted by Gasteiger charge is -2.09. The Balaban J connectivity index is 0.00000280. The lowest BCUT2D eigenvalue weighted by atomic mass is 10.1. The van der Waals surface area contributed by atoms with Gasteiger partial charge >= 0.3 is 0 Å². The molecule has 0 unspecified atom stereocenters. The summed E-state index contributed by atoms with van der Waals surface area (Å²) >= 11 is 0. The predicted octanol–water partition coefficient (Wildman–Crippen LogP) is 3.59. The second-order valence-electron chi connectivity index (χ2n) is 6.07. The van der Waals surface area contributed by atoms with E-state index in [-0.39, 0.29) is 29.8 Å². The highest BCUT2D eigenvalue weighted by molar-refractivity contribution is 14.0. The van der Waals surface area contributed by atoms with Crippen molar-refractivity contribution in [3.63, 3.8) is 0 Å². The Hall–Kier alpha value is -2.49. The lowest BCUT2D eigenvalue weighted by Crippen LogP contribution is -2.33. The Kier molecular flexibility index (Phi) is 7.91. The summed E-state index contributed by atoms with van der Waals surface area (Å²) in [6, 6.07) is 10.4. The standard InChI is InChI=1S/C20H23FN4O2.HI/c1-26-18-6-3-13(9-19(18)27-2)11-25-20(22)23-8-7-14-12-24-17-10-15(21)4-5-16(14)17;/h3-6,9-10,12,24H,7-8,11H2,1-2H3,(H3,22,23,25);1H. The summed E-state index contributed by atoms with van der Waals surface area (Å²) in [5.41, 5.74) is 8.81. The zero-order valence-corrected chi connectivity index (χ0v) is 18.1. The molecule has 0 aliphatic heterocycles. The minimum Gasteiger partial charge on any atom is -0.493 e. The van der Waals surface area contributed by atoms with Crippen molar-refractivity contribution in [2.45, 2.75) is 13.0 Å². The van der Waals surface area contributed by atoms with E-state index in [1.165, 1.54) is 12.1 Å². The number of methoxy groups -OCH3 is 2. The Labute approximate surface area is 180 Å². The molecule has 2 aromatic carbocycles. The van der Waals surface area contributed by atoms with Gasteiger partial charge in [-0.2, -0.15) is 0 Å². The topological polar surface area (TPSA) is 84.7 Å². The summed E-state index contributed by atoms with van der Waals surface area (Å²) in [7, 11) is 3.20. The molecule has 0 saturated carbocycles. The van der Waals surface area contributed by atoms with Gasteiger partial charge in [0.15, 0.2) is 17.5 Å². The maximum absolute atomic E-state index is 13.2. The number of rotatable bonds is 7. The van der Waals surface area contributed by atoms with Gasteiger partial charge in [0.1, 0.15) is 5.82 Å². The summed E-state index contributed by atoms with van der Waals surface area (Å²) in [4.78, 5) is 7.43. The van der Waals surface area contributed by atoms with Crippen LogP contribution in [0.25, 0.3) is 10.9 Å². The Morgan fingerprint density at radius 1 is 1.14 bits per heavy atom. The smallest absolute Gasteiger partial charge is 0.188 e. The summed E-state index contributed by atoms with van der Waals surface area (Å²) in [5.74, 6) is 1.46. The number of aromatic amines is 1. The van der Waals surface area contributed by atoms with E-state index in [9.17, 15) is 4.39 Å².